The van der Waals surface area contributed by atoms with Gasteiger partial charge in [0, 0.05) is 16.8 Å². The van der Waals surface area contributed by atoms with Crippen molar-refractivity contribution in [3.8, 4) is 0 Å². The van der Waals surface area contributed by atoms with E-state index in [4.69, 9.17) is 5.73 Å². The number of carbonyl (C=O) groups excluding carboxylic acids is 1. The molecule has 0 aliphatic carbocycles. The maximum atomic E-state index is 13.1. The van der Waals surface area contributed by atoms with E-state index in [0.717, 1.165) is 12.1 Å². The first-order chi connectivity index (χ1) is 8.49. The van der Waals surface area contributed by atoms with Crippen molar-refractivity contribution in [2.24, 2.45) is 0 Å². The number of anilines is 1. The molecule has 0 aliphatic rings. The average molecular weight is 247 g/mol. The van der Waals surface area contributed by atoms with Gasteiger partial charge in [0.25, 0.3) is 0 Å². The van der Waals surface area contributed by atoms with E-state index in [1.807, 2.05) is 0 Å². The number of ketones is 1. The Hall–Kier alpha value is -2.23. The number of benzene rings is 2. The van der Waals surface area contributed by atoms with Crippen molar-refractivity contribution in [1.29, 1.82) is 0 Å². The van der Waals surface area contributed by atoms with Crippen LogP contribution in [-0.4, -0.2) is 5.78 Å². The maximum Gasteiger partial charge on any atom is 0.193 e. The van der Waals surface area contributed by atoms with E-state index in [0.29, 0.717) is 16.8 Å². The first kappa shape index (κ1) is 12.2. The first-order valence-electron chi connectivity index (χ1n) is 5.35. The van der Waals surface area contributed by atoms with Crippen molar-refractivity contribution in [3.63, 3.8) is 0 Å². The van der Waals surface area contributed by atoms with Gasteiger partial charge in [0.05, 0.1) is 0 Å². The molecule has 4 heteroatoms. The third kappa shape index (κ3) is 2.22. The molecule has 92 valence electrons. The Morgan fingerprint density at radius 3 is 2.39 bits per heavy atom. The lowest BCUT2D eigenvalue weighted by molar-refractivity contribution is 0.103. The quantitative estimate of drug-likeness (QED) is 0.654. The second-order valence-electron chi connectivity index (χ2n) is 4.03. The van der Waals surface area contributed by atoms with Crippen LogP contribution in [0.4, 0.5) is 14.5 Å². The highest BCUT2D eigenvalue weighted by molar-refractivity contribution is 6.10. The zero-order valence-electron chi connectivity index (χ0n) is 9.71. The van der Waals surface area contributed by atoms with E-state index >= 15 is 0 Å². The van der Waals surface area contributed by atoms with Gasteiger partial charge in [-0.1, -0.05) is 0 Å². The minimum atomic E-state index is -1.03. The molecule has 0 fully saturated rings. The summed E-state index contributed by atoms with van der Waals surface area (Å²) in [4.78, 5) is 12.1. The van der Waals surface area contributed by atoms with Gasteiger partial charge < -0.3 is 5.73 Å². The van der Waals surface area contributed by atoms with Crippen LogP contribution in [0.1, 0.15) is 21.5 Å². The standard InChI is InChI=1S/C14H11F2NO/c1-8-6-10(17)3-4-11(8)14(18)9-2-5-12(15)13(16)7-9/h2-7H,17H2,1H3. The fraction of sp³-hybridized carbons (Fsp3) is 0.0714. The largest absolute Gasteiger partial charge is 0.399 e. The summed E-state index contributed by atoms with van der Waals surface area (Å²) >= 11 is 0. The van der Waals surface area contributed by atoms with E-state index in [1.54, 1.807) is 25.1 Å². The van der Waals surface area contributed by atoms with Crippen LogP contribution in [0.25, 0.3) is 0 Å². The molecule has 0 amide bonds. The zero-order chi connectivity index (χ0) is 13.3. The molecule has 0 saturated heterocycles. The van der Waals surface area contributed by atoms with Gasteiger partial charge in [0.2, 0.25) is 0 Å². The third-order valence-corrected chi connectivity index (χ3v) is 2.68. The summed E-state index contributed by atoms with van der Waals surface area (Å²) in [5.74, 6) is -2.36. The molecule has 0 saturated carbocycles. The maximum absolute atomic E-state index is 13.1. The van der Waals surface area contributed by atoms with Crippen LogP contribution in [-0.2, 0) is 0 Å². The van der Waals surface area contributed by atoms with Gasteiger partial charge in [0.15, 0.2) is 17.4 Å². The van der Waals surface area contributed by atoms with Gasteiger partial charge in [-0.05, 0) is 48.9 Å². The van der Waals surface area contributed by atoms with E-state index in [1.165, 1.54) is 6.07 Å². The number of hydrogen-bond acceptors (Lipinski definition) is 2. The van der Waals surface area contributed by atoms with Crippen LogP contribution in [0.2, 0.25) is 0 Å². The van der Waals surface area contributed by atoms with Gasteiger partial charge in [-0.2, -0.15) is 0 Å². The summed E-state index contributed by atoms with van der Waals surface area (Å²) in [7, 11) is 0. The molecule has 0 aliphatic heterocycles. The molecule has 2 rings (SSSR count). The number of carbonyl (C=O) groups is 1. The van der Waals surface area contributed by atoms with Crippen LogP contribution in [0.5, 0.6) is 0 Å². The molecule has 2 aromatic carbocycles. The number of aryl methyl sites for hydroxylation is 1. The molecular weight excluding hydrogens is 236 g/mol. The molecule has 0 spiro atoms. The molecule has 0 radical (unpaired) electrons. The molecule has 0 bridgehead atoms. The van der Waals surface area contributed by atoms with Crippen LogP contribution < -0.4 is 5.73 Å². The highest BCUT2D eigenvalue weighted by Crippen LogP contribution is 2.18. The van der Waals surface area contributed by atoms with Crippen molar-refractivity contribution in [1.82, 2.24) is 0 Å². The highest BCUT2D eigenvalue weighted by atomic mass is 19.2. The smallest absolute Gasteiger partial charge is 0.193 e. The molecule has 2 nitrogen and oxygen atoms in total. The van der Waals surface area contributed by atoms with Gasteiger partial charge >= 0.3 is 0 Å². The number of rotatable bonds is 2. The lowest BCUT2D eigenvalue weighted by Crippen LogP contribution is -2.05. The highest BCUT2D eigenvalue weighted by Gasteiger charge is 2.14. The Morgan fingerprint density at radius 1 is 1.06 bits per heavy atom. The predicted molar refractivity (Wildman–Crippen MR) is 65.4 cm³/mol. The Bertz CT molecular complexity index is 623. The van der Waals surface area contributed by atoms with Crippen molar-refractivity contribution < 1.29 is 13.6 Å². The number of hydrogen-bond donors (Lipinski definition) is 1. The Morgan fingerprint density at radius 2 is 1.78 bits per heavy atom. The summed E-state index contributed by atoms with van der Waals surface area (Å²) in [6, 6.07) is 7.93. The third-order valence-electron chi connectivity index (χ3n) is 2.68. The molecule has 0 aromatic heterocycles. The number of nitrogens with two attached hydrogens (primary N) is 1. The molecule has 18 heavy (non-hydrogen) atoms. The molecule has 0 unspecified atom stereocenters. The summed E-state index contributed by atoms with van der Waals surface area (Å²) in [6.07, 6.45) is 0. The molecule has 2 aromatic rings. The Labute approximate surface area is 103 Å². The van der Waals surface area contributed by atoms with Crippen molar-refractivity contribution in [3.05, 3.63) is 64.7 Å². The molecule has 0 atom stereocenters. The average Bonchev–Trinajstić information content (AvgIpc) is 2.32. The first-order valence-corrected chi connectivity index (χ1v) is 5.35. The van der Waals surface area contributed by atoms with E-state index in [9.17, 15) is 13.6 Å². The van der Waals surface area contributed by atoms with Gasteiger partial charge in [-0.25, -0.2) is 8.78 Å². The Kier molecular flexibility index (Phi) is 3.10. The van der Waals surface area contributed by atoms with Crippen LogP contribution in [0.3, 0.4) is 0 Å². The number of nitrogen functional groups attached to an aromatic ring is 1. The zero-order valence-corrected chi connectivity index (χ0v) is 9.71. The summed E-state index contributed by atoms with van der Waals surface area (Å²) < 4.78 is 25.9. The topological polar surface area (TPSA) is 43.1 Å². The van der Waals surface area contributed by atoms with Crippen LogP contribution >= 0.6 is 0 Å². The number of halogens is 2. The van der Waals surface area contributed by atoms with Crippen molar-refractivity contribution in [2.75, 3.05) is 5.73 Å². The monoisotopic (exact) mass is 247 g/mol. The van der Waals surface area contributed by atoms with Crippen LogP contribution in [0.15, 0.2) is 36.4 Å². The second kappa shape index (κ2) is 4.56. The normalized spacial score (nSPS) is 10.4. The predicted octanol–water partition coefficient (Wildman–Crippen LogP) is 3.09. The Balaban J connectivity index is 2.44. The van der Waals surface area contributed by atoms with Crippen molar-refractivity contribution >= 4 is 11.5 Å². The van der Waals surface area contributed by atoms with Crippen LogP contribution in [0, 0.1) is 18.6 Å². The van der Waals surface area contributed by atoms with Crippen molar-refractivity contribution in [2.45, 2.75) is 6.92 Å². The van der Waals surface area contributed by atoms with Gasteiger partial charge in [-0.3, -0.25) is 4.79 Å². The molecule has 0 heterocycles. The molecular formula is C14H11F2NO. The summed E-state index contributed by atoms with van der Waals surface area (Å²) in [5.41, 5.74) is 7.38. The lowest BCUT2D eigenvalue weighted by Gasteiger charge is -2.06. The minimum absolute atomic E-state index is 0.113. The minimum Gasteiger partial charge on any atom is -0.399 e. The summed E-state index contributed by atoms with van der Waals surface area (Å²) in [5, 5.41) is 0. The summed E-state index contributed by atoms with van der Waals surface area (Å²) in [6.45, 7) is 1.74. The SMILES string of the molecule is Cc1cc(N)ccc1C(=O)c1ccc(F)c(F)c1. The van der Waals surface area contributed by atoms with E-state index in [-0.39, 0.29) is 11.3 Å². The van der Waals surface area contributed by atoms with E-state index < -0.39 is 11.6 Å². The van der Waals surface area contributed by atoms with Gasteiger partial charge in [-0.15, -0.1) is 0 Å². The fourth-order valence-corrected chi connectivity index (χ4v) is 1.73. The molecule has 2 N–H and O–H groups in total. The second-order valence-corrected chi connectivity index (χ2v) is 4.03. The van der Waals surface area contributed by atoms with E-state index in [2.05, 4.69) is 0 Å². The van der Waals surface area contributed by atoms with Gasteiger partial charge in [0.1, 0.15) is 0 Å². The lowest BCUT2D eigenvalue weighted by atomic mass is 9.98. The fourth-order valence-electron chi connectivity index (χ4n) is 1.73.